The van der Waals surface area contributed by atoms with Crippen LogP contribution in [0.25, 0.3) is 0 Å². The molecule has 9 heavy (non-hydrogen) atoms. The Morgan fingerprint density at radius 3 is 2.22 bits per heavy atom. The summed E-state index contributed by atoms with van der Waals surface area (Å²) in [5.41, 5.74) is 0. The summed E-state index contributed by atoms with van der Waals surface area (Å²) >= 11 is 0. The Bertz CT molecular complexity index is 85.0. The number of hydrogen-bond acceptors (Lipinski definition) is 2. The SMILES string of the molecule is CC(C)NCC(=O)O.[KH]. The van der Waals surface area contributed by atoms with Crippen LogP contribution in [0.1, 0.15) is 13.8 Å². The van der Waals surface area contributed by atoms with E-state index in [1.165, 1.54) is 0 Å². The van der Waals surface area contributed by atoms with Crippen LogP contribution in [0, 0.1) is 0 Å². The van der Waals surface area contributed by atoms with Crippen LogP contribution in [-0.4, -0.2) is 75.0 Å². The molecule has 0 bridgehead atoms. The Morgan fingerprint density at radius 1 is 1.67 bits per heavy atom. The van der Waals surface area contributed by atoms with E-state index in [9.17, 15) is 4.79 Å². The number of aliphatic carboxylic acids is 1. The predicted octanol–water partition coefficient (Wildman–Crippen LogP) is -0.580. The molecule has 50 valence electrons. The van der Waals surface area contributed by atoms with Gasteiger partial charge >= 0.3 is 57.4 Å². The molecule has 0 aromatic rings. The summed E-state index contributed by atoms with van der Waals surface area (Å²) in [5.74, 6) is -0.807. The molecule has 0 rings (SSSR count). The van der Waals surface area contributed by atoms with Crippen LogP contribution in [0.4, 0.5) is 0 Å². The molecule has 0 aromatic carbocycles. The Labute approximate surface area is 97.6 Å². The van der Waals surface area contributed by atoms with Crippen molar-refractivity contribution in [1.82, 2.24) is 5.32 Å². The fourth-order valence-electron chi connectivity index (χ4n) is 0.291. The van der Waals surface area contributed by atoms with Gasteiger partial charge in [-0.1, -0.05) is 13.8 Å². The number of carboxylic acids is 1. The summed E-state index contributed by atoms with van der Waals surface area (Å²) in [6.07, 6.45) is 0. The number of hydrogen-bond donors (Lipinski definition) is 2. The number of nitrogens with one attached hydrogen (secondary N) is 1. The van der Waals surface area contributed by atoms with Crippen molar-refractivity contribution in [3.05, 3.63) is 0 Å². The first-order valence-corrected chi connectivity index (χ1v) is 2.58. The molecule has 0 aliphatic carbocycles. The fourth-order valence-corrected chi connectivity index (χ4v) is 0.291. The van der Waals surface area contributed by atoms with Crippen molar-refractivity contribution in [2.45, 2.75) is 19.9 Å². The zero-order valence-electron chi connectivity index (χ0n) is 5.14. The normalized spacial score (nSPS) is 8.78. The van der Waals surface area contributed by atoms with Gasteiger partial charge in [0.15, 0.2) is 0 Å². The van der Waals surface area contributed by atoms with E-state index in [1.54, 1.807) is 0 Å². The van der Waals surface area contributed by atoms with Crippen LogP contribution in [0.2, 0.25) is 0 Å². The first kappa shape index (κ1) is 12.7. The quantitative estimate of drug-likeness (QED) is 0.539. The van der Waals surface area contributed by atoms with E-state index < -0.39 is 5.97 Å². The van der Waals surface area contributed by atoms with Crippen molar-refractivity contribution in [3.8, 4) is 0 Å². The van der Waals surface area contributed by atoms with Crippen LogP contribution in [0.5, 0.6) is 0 Å². The van der Waals surface area contributed by atoms with E-state index in [0.717, 1.165) is 0 Å². The zero-order chi connectivity index (χ0) is 6.57. The number of carbonyl (C=O) groups is 1. The van der Waals surface area contributed by atoms with Crippen molar-refractivity contribution in [2.75, 3.05) is 6.54 Å². The molecule has 3 nitrogen and oxygen atoms in total. The molecular formula is C5H12KNO2. The molecule has 0 fully saturated rings. The van der Waals surface area contributed by atoms with Crippen LogP contribution in [-0.2, 0) is 4.79 Å². The minimum atomic E-state index is -0.807. The molecule has 0 atom stereocenters. The van der Waals surface area contributed by atoms with Gasteiger partial charge in [0.1, 0.15) is 0 Å². The van der Waals surface area contributed by atoms with E-state index in [1.807, 2.05) is 13.8 Å². The third-order valence-corrected chi connectivity index (χ3v) is 0.662. The molecule has 4 heteroatoms. The van der Waals surface area contributed by atoms with Gasteiger partial charge in [0.05, 0.1) is 6.54 Å². The van der Waals surface area contributed by atoms with E-state index in [2.05, 4.69) is 5.32 Å². The van der Waals surface area contributed by atoms with Crippen LogP contribution in [0.3, 0.4) is 0 Å². The van der Waals surface area contributed by atoms with Gasteiger partial charge in [0, 0.05) is 6.04 Å². The van der Waals surface area contributed by atoms with Gasteiger partial charge in [-0.2, -0.15) is 0 Å². The Morgan fingerprint density at radius 2 is 2.11 bits per heavy atom. The van der Waals surface area contributed by atoms with E-state index >= 15 is 0 Å². The molecule has 0 unspecified atom stereocenters. The van der Waals surface area contributed by atoms with Crippen molar-refractivity contribution >= 4 is 57.4 Å². The van der Waals surface area contributed by atoms with Gasteiger partial charge in [-0.05, 0) is 0 Å². The Balaban J connectivity index is 0. The second-order valence-electron chi connectivity index (χ2n) is 1.93. The summed E-state index contributed by atoms with van der Waals surface area (Å²) in [5, 5.41) is 10.8. The molecular weight excluding hydrogens is 145 g/mol. The van der Waals surface area contributed by atoms with E-state index in [-0.39, 0.29) is 64.0 Å². The van der Waals surface area contributed by atoms with Crippen LogP contribution >= 0.6 is 0 Å². The summed E-state index contributed by atoms with van der Waals surface area (Å²) in [4.78, 5) is 9.84. The van der Waals surface area contributed by atoms with Gasteiger partial charge in [-0.25, -0.2) is 0 Å². The second-order valence-corrected chi connectivity index (χ2v) is 1.93. The number of rotatable bonds is 3. The molecule has 0 aromatic heterocycles. The molecule has 2 N–H and O–H groups in total. The summed E-state index contributed by atoms with van der Waals surface area (Å²) < 4.78 is 0. The van der Waals surface area contributed by atoms with E-state index in [0.29, 0.717) is 0 Å². The third kappa shape index (κ3) is 12.3. The molecule has 0 saturated carbocycles. The van der Waals surface area contributed by atoms with Crippen molar-refractivity contribution in [1.29, 1.82) is 0 Å². The summed E-state index contributed by atoms with van der Waals surface area (Å²) in [6, 6.07) is 0.256. The van der Waals surface area contributed by atoms with Crippen molar-refractivity contribution < 1.29 is 9.90 Å². The molecule has 0 amide bonds. The average molecular weight is 157 g/mol. The molecule has 0 saturated heterocycles. The first-order chi connectivity index (χ1) is 3.63. The van der Waals surface area contributed by atoms with Gasteiger partial charge in [0.2, 0.25) is 0 Å². The average Bonchev–Trinajstić information content (AvgIpc) is 1.61. The summed E-state index contributed by atoms with van der Waals surface area (Å²) in [7, 11) is 0. The molecule has 0 radical (unpaired) electrons. The predicted molar refractivity (Wildman–Crippen MR) is 37.9 cm³/mol. The maximum atomic E-state index is 9.84. The van der Waals surface area contributed by atoms with Crippen molar-refractivity contribution in [2.24, 2.45) is 0 Å². The standard InChI is InChI=1S/C5H11NO2.K.H/c1-4(2)6-3-5(7)8;;/h4,6H,3H2,1-2H3,(H,7,8);;. The monoisotopic (exact) mass is 157 g/mol. The van der Waals surface area contributed by atoms with E-state index in [4.69, 9.17) is 5.11 Å². The van der Waals surface area contributed by atoms with Gasteiger partial charge in [-0.15, -0.1) is 0 Å². The minimum absolute atomic E-state index is 0. The molecule has 0 heterocycles. The topological polar surface area (TPSA) is 49.3 Å². The maximum absolute atomic E-state index is 9.84. The second kappa shape index (κ2) is 7.18. The zero-order valence-corrected chi connectivity index (χ0v) is 5.14. The molecule has 0 aliphatic rings. The summed E-state index contributed by atoms with van der Waals surface area (Å²) in [6.45, 7) is 3.86. The van der Waals surface area contributed by atoms with Crippen molar-refractivity contribution in [3.63, 3.8) is 0 Å². The van der Waals surface area contributed by atoms with Gasteiger partial charge in [-0.3, -0.25) is 4.79 Å². The number of carboxylic acid groups (broad SMARTS) is 1. The Kier molecular flexibility index (Phi) is 10.1. The van der Waals surface area contributed by atoms with Crippen LogP contribution in [0.15, 0.2) is 0 Å². The molecule has 0 aliphatic heterocycles. The van der Waals surface area contributed by atoms with Gasteiger partial charge < -0.3 is 10.4 Å². The Hall–Kier alpha value is 1.07. The van der Waals surface area contributed by atoms with Crippen LogP contribution < -0.4 is 5.32 Å². The first-order valence-electron chi connectivity index (χ1n) is 2.58. The molecule has 0 spiro atoms. The fraction of sp³-hybridized carbons (Fsp3) is 0.800. The third-order valence-electron chi connectivity index (χ3n) is 0.662. The van der Waals surface area contributed by atoms with Gasteiger partial charge in [0.25, 0.3) is 0 Å².